The number of halogens is 3. The largest absolute Gasteiger partial charge is 0.490 e. The van der Waals surface area contributed by atoms with Crippen LogP contribution in [-0.4, -0.2) is 11.1 Å². The van der Waals surface area contributed by atoms with Crippen LogP contribution >= 0.6 is 12.2 Å². The van der Waals surface area contributed by atoms with E-state index >= 15 is 0 Å². The average Bonchev–Trinajstić information content (AvgIpc) is 2.37. The summed E-state index contributed by atoms with van der Waals surface area (Å²) in [6.07, 6.45) is -0.335. The van der Waals surface area contributed by atoms with E-state index < -0.39 is 11.7 Å². The summed E-state index contributed by atoms with van der Waals surface area (Å²) < 4.78 is 44.5. The third-order valence-corrected chi connectivity index (χ3v) is 3.97. The first-order valence-electron chi connectivity index (χ1n) is 6.95. The molecule has 2 N–H and O–H groups in total. The topological polar surface area (TPSA) is 35.2 Å². The van der Waals surface area contributed by atoms with E-state index in [-0.39, 0.29) is 16.7 Å². The molecule has 0 aliphatic heterocycles. The lowest BCUT2D eigenvalue weighted by molar-refractivity contribution is -0.137. The Morgan fingerprint density at radius 1 is 1.33 bits per heavy atom. The first-order valence-corrected chi connectivity index (χ1v) is 7.36. The lowest BCUT2D eigenvalue weighted by atomic mass is 9.88. The Balaban J connectivity index is 2.22. The van der Waals surface area contributed by atoms with Crippen molar-refractivity contribution in [2.75, 3.05) is 0 Å². The van der Waals surface area contributed by atoms with Gasteiger partial charge in [0.15, 0.2) is 0 Å². The fraction of sp³-hybridized carbons (Fsp3) is 0.533. The van der Waals surface area contributed by atoms with Gasteiger partial charge in [0.05, 0.1) is 11.7 Å². The number of alkyl halides is 3. The normalized spacial score (nSPS) is 22.9. The maximum atomic E-state index is 12.9. The molecular weight excluding hydrogens is 299 g/mol. The van der Waals surface area contributed by atoms with Crippen LogP contribution in [0.15, 0.2) is 18.2 Å². The smallest absolute Gasteiger partial charge is 0.417 e. The van der Waals surface area contributed by atoms with Crippen LogP contribution in [0, 0.1) is 5.92 Å². The van der Waals surface area contributed by atoms with Gasteiger partial charge in [0.2, 0.25) is 0 Å². The standard InChI is InChI=1S/C15H18F3NOS/c1-9-3-2-4-10(7-9)20-11-5-6-13(15(16,17)18)12(8-11)14(19)21/h5-6,8-10H,2-4,7H2,1H3,(H2,19,21). The van der Waals surface area contributed by atoms with Gasteiger partial charge in [-0.05, 0) is 43.4 Å². The Morgan fingerprint density at radius 3 is 2.62 bits per heavy atom. The van der Waals surface area contributed by atoms with Crippen molar-refractivity contribution in [3.8, 4) is 5.75 Å². The van der Waals surface area contributed by atoms with Crippen molar-refractivity contribution in [2.24, 2.45) is 11.7 Å². The second-order valence-electron chi connectivity index (χ2n) is 5.58. The lowest BCUT2D eigenvalue weighted by Crippen LogP contribution is -2.24. The highest BCUT2D eigenvalue weighted by Crippen LogP contribution is 2.35. The zero-order valence-corrected chi connectivity index (χ0v) is 12.6. The van der Waals surface area contributed by atoms with Crippen LogP contribution in [-0.2, 0) is 6.18 Å². The van der Waals surface area contributed by atoms with Crippen LogP contribution in [0.1, 0.15) is 43.7 Å². The Hall–Kier alpha value is -1.30. The Labute approximate surface area is 127 Å². The minimum absolute atomic E-state index is 0.0460. The van der Waals surface area contributed by atoms with Gasteiger partial charge in [-0.1, -0.05) is 25.6 Å². The highest BCUT2D eigenvalue weighted by molar-refractivity contribution is 7.80. The van der Waals surface area contributed by atoms with Gasteiger partial charge in [-0.3, -0.25) is 0 Å². The van der Waals surface area contributed by atoms with Crippen molar-refractivity contribution in [2.45, 2.75) is 44.9 Å². The van der Waals surface area contributed by atoms with Gasteiger partial charge in [0, 0.05) is 5.56 Å². The van der Waals surface area contributed by atoms with Crippen molar-refractivity contribution in [1.29, 1.82) is 0 Å². The molecule has 2 rings (SSSR count). The summed E-state index contributed by atoms with van der Waals surface area (Å²) in [6.45, 7) is 2.16. The summed E-state index contributed by atoms with van der Waals surface area (Å²) in [5.74, 6) is 0.971. The van der Waals surface area contributed by atoms with Gasteiger partial charge in [0.25, 0.3) is 0 Å². The van der Waals surface area contributed by atoms with E-state index in [4.69, 9.17) is 22.7 Å². The van der Waals surface area contributed by atoms with Crippen molar-refractivity contribution in [3.05, 3.63) is 29.3 Å². The number of nitrogens with two attached hydrogens (primary N) is 1. The van der Waals surface area contributed by atoms with Crippen LogP contribution in [0.3, 0.4) is 0 Å². The quantitative estimate of drug-likeness (QED) is 0.844. The van der Waals surface area contributed by atoms with E-state index in [2.05, 4.69) is 6.92 Å². The summed E-state index contributed by atoms with van der Waals surface area (Å²) in [7, 11) is 0. The first-order chi connectivity index (χ1) is 9.77. The van der Waals surface area contributed by atoms with Gasteiger partial charge in [-0.25, -0.2) is 0 Å². The molecule has 0 amide bonds. The van der Waals surface area contributed by atoms with Crippen LogP contribution in [0.25, 0.3) is 0 Å². The second kappa shape index (κ2) is 6.22. The molecule has 6 heteroatoms. The predicted octanol–water partition coefficient (Wildman–Crippen LogP) is 4.30. The van der Waals surface area contributed by atoms with Crippen molar-refractivity contribution in [1.82, 2.24) is 0 Å². The van der Waals surface area contributed by atoms with Gasteiger partial charge in [0.1, 0.15) is 10.7 Å². The molecule has 2 atom stereocenters. The molecule has 2 nitrogen and oxygen atoms in total. The molecule has 0 aromatic heterocycles. The third-order valence-electron chi connectivity index (χ3n) is 3.75. The van der Waals surface area contributed by atoms with Gasteiger partial charge in [-0.2, -0.15) is 13.2 Å². The Bertz CT molecular complexity index is 530. The molecule has 0 bridgehead atoms. The average molecular weight is 317 g/mol. The van der Waals surface area contributed by atoms with Crippen molar-refractivity contribution < 1.29 is 17.9 Å². The van der Waals surface area contributed by atoms with E-state index in [0.29, 0.717) is 11.7 Å². The number of thiocarbonyl (C=S) groups is 1. The van der Waals surface area contributed by atoms with E-state index in [0.717, 1.165) is 25.3 Å². The molecule has 1 aromatic carbocycles. The Kier molecular flexibility index (Phi) is 4.76. The zero-order chi connectivity index (χ0) is 15.6. The summed E-state index contributed by atoms with van der Waals surface area (Å²) in [5, 5.41) is 0. The van der Waals surface area contributed by atoms with Gasteiger partial charge < -0.3 is 10.5 Å². The van der Waals surface area contributed by atoms with Crippen LogP contribution in [0.2, 0.25) is 0 Å². The molecule has 116 valence electrons. The maximum absolute atomic E-state index is 12.9. The molecule has 1 saturated carbocycles. The summed E-state index contributed by atoms with van der Waals surface area (Å²) >= 11 is 4.72. The number of hydrogen-bond donors (Lipinski definition) is 1. The molecule has 0 heterocycles. The fourth-order valence-corrected chi connectivity index (χ4v) is 2.89. The second-order valence-corrected chi connectivity index (χ2v) is 6.02. The van der Waals surface area contributed by atoms with Crippen molar-refractivity contribution in [3.63, 3.8) is 0 Å². The molecule has 21 heavy (non-hydrogen) atoms. The number of hydrogen-bond acceptors (Lipinski definition) is 2. The van der Waals surface area contributed by atoms with E-state index in [9.17, 15) is 13.2 Å². The summed E-state index contributed by atoms with van der Waals surface area (Å²) in [6, 6.07) is 3.62. The molecule has 1 aromatic rings. The van der Waals surface area contributed by atoms with Gasteiger partial charge in [-0.15, -0.1) is 0 Å². The highest BCUT2D eigenvalue weighted by Gasteiger charge is 2.34. The molecule has 2 unspecified atom stereocenters. The lowest BCUT2D eigenvalue weighted by Gasteiger charge is -2.27. The predicted molar refractivity (Wildman–Crippen MR) is 79.4 cm³/mol. The number of benzene rings is 1. The summed E-state index contributed by atoms with van der Waals surface area (Å²) in [4.78, 5) is -0.273. The number of rotatable bonds is 3. The van der Waals surface area contributed by atoms with E-state index in [1.807, 2.05) is 0 Å². The van der Waals surface area contributed by atoms with E-state index in [1.54, 1.807) is 0 Å². The van der Waals surface area contributed by atoms with Gasteiger partial charge >= 0.3 is 6.18 Å². The molecule has 0 radical (unpaired) electrons. The SMILES string of the molecule is CC1CCCC(Oc2ccc(C(F)(F)F)c(C(N)=S)c2)C1. The Morgan fingerprint density at radius 2 is 2.05 bits per heavy atom. The third kappa shape index (κ3) is 4.09. The molecular formula is C15H18F3NOS. The molecule has 1 aliphatic carbocycles. The highest BCUT2D eigenvalue weighted by atomic mass is 32.1. The minimum atomic E-state index is -4.48. The van der Waals surface area contributed by atoms with Crippen molar-refractivity contribution >= 4 is 17.2 Å². The van der Waals surface area contributed by atoms with E-state index in [1.165, 1.54) is 18.6 Å². The molecule has 0 spiro atoms. The fourth-order valence-electron chi connectivity index (χ4n) is 2.73. The monoisotopic (exact) mass is 317 g/mol. The zero-order valence-electron chi connectivity index (χ0n) is 11.7. The molecule has 1 fully saturated rings. The molecule has 1 aliphatic rings. The summed E-state index contributed by atoms with van der Waals surface area (Å²) in [5.41, 5.74) is 4.41. The maximum Gasteiger partial charge on any atom is 0.417 e. The number of ether oxygens (including phenoxy) is 1. The molecule has 0 saturated heterocycles. The van der Waals surface area contributed by atoms with Crippen LogP contribution in [0.5, 0.6) is 5.75 Å². The van der Waals surface area contributed by atoms with Crippen LogP contribution in [0.4, 0.5) is 13.2 Å². The first kappa shape index (κ1) is 16.1. The minimum Gasteiger partial charge on any atom is -0.490 e. The van der Waals surface area contributed by atoms with Crippen LogP contribution < -0.4 is 10.5 Å².